The van der Waals surface area contributed by atoms with Crippen LogP contribution in [0.1, 0.15) is 25.0 Å². The molecule has 1 atom stereocenters. The molecule has 0 aliphatic rings. The van der Waals surface area contributed by atoms with Gasteiger partial charge in [-0.3, -0.25) is 4.79 Å². The first kappa shape index (κ1) is 14.7. The second-order valence-electron chi connectivity index (χ2n) is 4.28. The molecule has 1 unspecified atom stereocenters. The minimum atomic E-state index is -0.801. The zero-order valence-corrected chi connectivity index (χ0v) is 11.0. The van der Waals surface area contributed by atoms with Crippen molar-refractivity contribution < 1.29 is 14.6 Å². The van der Waals surface area contributed by atoms with Crippen LogP contribution in [0.4, 0.5) is 0 Å². The summed E-state index contributed by atoms with van der Waals surface area (Å²) in [4.78, 5) is 10.8. The highest BCUT2D eigenvalue weighted by Crippen LogP contribution is 2.09. The molecule has 0 aromatic heterocycles. The van der Waals surface area contributed by atoms with Crippen molar-refractivity contribution in [3.63, 3.8) is 0 Å². The third kappa shape index (κ3) is 5.29. The summed E-state index contributed by atoms with van der Waals surface area (Å²) in [6.07, 6.45) is 0.0672. The summed E-state index contributed by atoms with van der Waals surface area (Å²) < 4.78 is 5.32. The molecule has 0 aliphatic heterocycles. The van der Waals surface area contributed by atoms with E-state index in [1.54, 1.807) is 0 Å². The van der Waals surface area contributed by atoms with Crippen LogP contribution in [-0.2, 0) is 22.5 Å². The van der Waals surface area contributed by atoms with E-state index in [1.807, 2.05) is 31.2 Å². The first-order valence-corrected chi connectivity index (χ1v) is 6.23. The molecule has 0 amide bonds. The van der Waals surface area contributed by atoms with Crippen molar-refractivity contribution in [3.8, 4) is 0 Å². The summed E-state index contributed by atoms with van der Waals surface area (Å²) in [7, 11) is 0. The van der Waals surface area contributed by atoms with Crippen molar-refractivity contribution in [1.82, 2.24) is 5.32 Å². The molecule has 0 saturated carbocycles. The lowest BCUT2D eigenvalue weighted by Crippen LogP contribution is -2.30. The van der Waals surface area contributed by atoms with Crippen LogP contribution in [0.3, 0.4) is 0 Å². The van der Waals surface area contributed by atoms with Gasteiger partial charge in [0, 0.05) is 19.2 Å². The number of hydrogen-bond donors (Lipinski definition) is 2. The number of benzene rings is 1. The Labute approximate surface area is 108 Å². The number of aliphatic carboxylic acids is 1. The Morgan fingerprint density at radius 3 is 2.67 bits per heavy atom. The van der Waals surface area contributed by atoms with E-state index in [4.69, 9.17) is 9.84 Å². The van der Waals surface area contributed by atoms with Gasteiger partial charge in [-0.15, -0.1) is 0 Å². The molecule has 4 heteroatoms. The molecule has 4 nitrogen and oxygen atoms in total. The molecular formula is C14H21NO3. The topological polar surface area (TPSA) is 58.6 Å². The Morgan fingerprint density at radius 2 is 2.06 bits per heavy atom. The molecule has 0 aliphatic carbocycles. The van der Waals surface area contributed by atoms with Crippen LogP contribution in [0, 0.1) is 0 Å². The van der Waals surface area contributed by atoms with E-state index in [1.165, 1.54) is 0 Å². The van der Waals surface area contributed by atoms with E-state index in [0.717, 1.165) is 11.1 Å². The van der Waals surface area contributed by atoms with Crippen molar-refractivity contribution in [2.45, 2.75) is 32.9 Å². The maximum absolute atomic E-state index is 10.8. The summed E-state index contributed by atoms with van der Waals surface area (Å²) in [5.41, 5.74) is 1.89. The highest BCUT2D eigenvalue weighted by Gasteiger charge is 2.07. The molecule has 1 aromatic carbocycles. The molecule has 100 valence electrons. The predicted octanol–water partition coefficient (Wildman–Crippen LogP) is 1.83. The third-order valence-corrected chi connectivity index (χ3v) is 2.67. The van der Waals surface area contributed by atoms with E-state index in [9.17, 15) is 4.79 Å². The molecule has 0 bridgehead atoms. The van der Waals surface area contributed by atoms with E-state index < -0.39 is 5.97 Å². The van der Waals surface area contributed by atoms with Crippen LogP contribution in [0.2, 0.25) is 0 Å². The molecule has 0 radical (unpaired) electrons. The summed E-state index contributed by atoms with van der Waals surface area (Å²) in [6.45, 7) is 6.06. The molecule has 18 heavy (non-hydrogen) atoms. The van der Waals surface area contributed by atoms with Crippen molar-refractivity contribution in [2.75, 3.05) is 13.2 Å². The van der Waals surface area contributed by atoms with Gasteiger partial charge in [0.15, 0.2) is 0 Å². The van der Waals surface area contributed by atoms with Crippen molar-refractivity contribution in [1.29, 1.82) is 0 Å². The average molecular weight is 251 g/mol. The van der Waals surface area contributed by atoms with Crippen LogP contribution in [-0.4, -0.2) is 30.3 Å². The number of nitrogens with one attached hydrogen (secondary N) is 1. The zero-order chi connectivity index (χ0) is 13.4. The molecule has 0 saturated heterocycles. The van der Waals surface area contributed by atoms with Gasteiger partial charge < -0.3 is 15.2 Å². The van der Waals surface area contributed by atoms with Gasteiger partial charge in [-0.05, 0) is 25.0 Å². The SMILES string of the molecule is CCOCC(C)NCc1ccccc1CC(=O)O. The Balaban J connectivity index is 2.53. The van der Waals surface area contributed by atoms with Gasteiger partial charge in [0.05, 0.1) is 13.0 Å². The van der Waals surface area contributed by atoms with Gasteiger partial charge in [0.25, 0.3) is 0 Å². The number of carboxylic acid groups (broad SMARTS) is 1. The minimum absolute atomic E-state index is 0.0672. The van der Waals surface area contributed by atoms with E-state index in [0.29, 0.717) is 19.8 Å². The Morgan fingerprint density at radius 1 is 1.39 bits per heavy atom. The minimum Gasteiger partial charge on any atom is -0.481 e. The second-order valence-corrected chi connectivity index (χ2v) is 4.28. The van der Waals surface area contributed by atoms with E-state index in [2.05, 4.69) is 12.2 Å². The maximum atomic E-state index is 10.8. The largest absolute Gasteiger partial charge is 0.481 e. The van der Waals surface area contributed by atoms with Crippen LogP contribution in [0.5, 0.6) is 0 Å². The standard InChI is InChI=1S/C14H21NO3/c1-3-18-10-11(2)15-9-13-7-5-4-6-12(13)8-14(16)17/h4-7,11,15H,3,8-10H2,1-2H3,(H,16,17). The third-order valence-electron chi connectivity index (χ3n) is 2.67. The summed E-state index contributed by atoms with van der Waals surface area (Å²) >= 11 is 0. The fourth-order valence-corrected chi connectivity index (χ4v) is 1.70. The van der Waals surface area contributed by atoms with E-state index >= 15 is 0 Å². The fourth-order valence-electron chi connectivity index (χ4n) is 1.70. The quantitative estimate of drug-likeness (QED) is 0.740. The lowest BCUT2D eigenvalue weighted by Gasteiger charge is -2.15. The molecule has 0 fully saturated rings. The van der Waals surface area contributed by atoms with Crippen LogP contribution >= 0.6 is 0 Å². The average Bonchev–Trinajstić information content (AvgIpc) is 2.34. The molecule has 0 heterocycles. The summed E-state index contributed by atoms with van der Waals surface area (Å²) in [5.74, 6) is -0.801. The zero-order valence-electron chi connectivity index (χ0n) is 11.0. The fraction of sp³-hybridized carbons (Fsp3) is 0.500. The number of ether oxygens (including phenoxy) is 1. The smallest absolute Gasteiger partial charge is 0.307 e. The number of rotatable bonds is 8. The van der Waals surface area contributed by atoms with Gasteiger partial charge in [-0.25, -0.2) is 0 Å². The number of hydrogen-bond acceptors (Lipinski definition) is 3. The molecule has 1 rings (SSSR count). The number of carboxylic acids is 1. The highest BCUT2D eigenvalue weighted by atomic mass is 16.5. The summed E-state index contributed by atoms with van der Waals surface area (Å²) in [5, 5.41) is 12.2. The molecule has 2 N–H and O–H groups in total. The van der Waals surface area contributed by atoms with Gasteiger partial charge in [-0.1, -0.05) is 24.3 Å². The molecule has 0 spiro atoms. The first-order valence-electron chi connectivity index (χ1n) is 6.23. The van der Waals surface area contributed by atoms with Crippen LogP contribution in [0.25, 0.3) is 0 Å². The van der Waals surface area contributed by atoms with Crippen molar-refractivity contribution >= 4 is 5.97 Å². The maximum Gasteiger partial charge on any atom is 0.307 e. The second kappa shape index (κ2) is 7.84. The first-order chi connectivity index (χ1) is 8.63. The van der Waals surface area contributed by atoms with Crippen LogP contribution < -0.4 is 5.32 Å². The molecule has 1 aromatic rings. The lowest BCUT2D eigenvalue weighted by molar-refractivity contribution is -0.136. The Hall–Kier alpha value is -1.39. The van der Waals surface area contributed by atoms with Gasteiger partial charge in [0.1, 0.15) is 0 Å². The van der Waals surface area contributed by atoms with Gasteiger partial charge in [0.2, 0.25) is 0 Å². The Kier molecular flexibility index (Phi) is 6.39. The monoisotopic (exact) mass is 251 g/mol. The Bertz CT molecular complexity index is 379. The lowest BCUT2D eigenvalue weighted by atomic mass is 10.0. The highest BCUT2D eigenvalue weighted by molar-refractivity contribution is 5.70. The van der Waals surface area contributed by atoms with Gasteiger partial charge in [-0.2, -0.15) is 0 Å². The number of carbonyl (C=O) groups is 1. The van der Waals surface area contributed by atoms with Gasteiger partial charge >= 0.3 is 5.97 Å². The molecular weight excluding hydrogens is 230 g/mol. The predicted molar refractivity (Wildman–Crippen MR) is 70.6 cm³/mol. The normalized spacial score (nSPS) is 12.3. The summed E-state index contributed by atoms with van der Waals surface area (Å²) in [6, 6.07) is 7.86. The van der Waals surface area contributed by atoms with Crippen LogP contribution in [0.15, 0.2) is 24.3 Å². The van der Waals surface area contributed by atoms with Crippen molar-refractivity contribution in [2.24, 2.45) is 0 Å². The van der Waals surface area contributed by atoms with Crippen molar-refractivity contribution in [3.05, 3.63) is 35.4 Å². The van der Waals surface area contributed by atoms with E-state index in [-0.39, 0.29) is 12.5 Å².